The molecule has 0 amide bonds. The van der Waals surface area contributed by atoms with Gasteiger partial charge >= 0.3 is 5.97 Å². The molecule has 0 spiro atoms. The Labute approximate surface area is 224 Å². The minimum absolute atomic E-state index is 0.0456. The van der Waals surface area contributed by atoms with Crippen molar-refractivity contribution in [1.82, 2.24) is 24.1 Å². The van der Waals surface area contributed by atoms with E-state index in [2.05, 4.69) is 25.5 Å². The van der Waals surface area contributed by atoms with E-state index in [1.165, 1.54) is 37.7 Å². The number of nitrogens with zero attached hydrogens (tertiary/aromatic N) is 5. The molecule has 4 aromatic rings. The van der Waals surface area contributed by atoms with Gasteiger partial charge in [0.25, 0.3) is 10.0 Å². The minimum Gasteiger partial charge on any atom is -0.469 e. The molecule has 2 unspecified atom stereocenters. The van der Waals surface area contributed by atoms with Gasteiger partial charge in [-0.05, 0) is 62.6 Å². The Morgan fingerprint density at radius 3 is 2.54 bits per heavy atom. The molecule has 3 heterocycles. The van der Waals surface area contributed by atoms with E-state index >= 15 is 0 Å². The van der Waals surface area contributed by atoms with Gasteiger partial charge in [-0.15, -0.1) is 5.10 Å². The van der Waals surface area contributed by atoms with Crippen LogP contribution in [0.4, 0.5) is 10.2 Å². The predicted octanol–water partition coefficient (Wildman–Crippen LogP) is 3.96. The van der Waals surface area contributed by atoms with Crippen molar-refractivity contribution in [2.45, 2.75) is 43.5 Å². The van der Waals surface area contributed by atoms with Crippen LogP contribution in [0.2, 0.25) is 0 Å². The smallest absolute Gasteiger partial charge is 0.311 e. The van der Waals surface area contributed by atoms with Crippen LogP contribution >= 0.6 is 0 Å². The van der Waals surface area contributed by atoms with Gasteiger partial charge in [0.1, 0.15) is 11.6 Å². The number of benzene rings is 1. The minimum atomic E-state index is -4.05. The Kier molecular flexibility index (Phi) is 6.29. The lowest BCUT2D eigenvalue weighted by molar-refractivity contribution is -0.152. The van der Waals surface area contributed by atoms with Crippen LogP contribution in [0, 0.1) is 30.5 Å². The Bertz CT molecular complexity index is 1670. The molecule has 1 N–H and O–H groups in total. The highest BCUT2D eigenvalue weighted by Crippen LogP contribution is 2.46. The van der Waals surface area contributed by atoms with Crippen molar-refractivity contribution in [3.8, 4) is 11.4 Å². The van der Waals surface area contributed by atoms with E-state index in [9.17, 15) is 17.6 Å². The number of methoxy groups -OCH3 is 1. The van der Waals surface area contributed by atoms with Gasteiger partial charge in [-0.25, -0.2) is 26.7 Å². The van der Waals surface area contributed by atoms with Gasteiger partial charge in [-0.3, -0.25) is 4.79 Å². The summed E-state index contributed by atoms with van der Waals surface area (Å²) in [5.74, 6) is -0.138. The number of aryl methyl sites for hydroxylation is 1. The van der Waals surface area contributed by atoms with Crippen LogP contribution in [0.5, 0.6) is 0 Å². The monoisotopic (exact) mass is 550 g/mol. The van der Waals surface area contributed by atoms with E-state index < -0.39 is 15.8 Å². The molecule has 3 aliphatic rings. The van der Waals surface area contributed by atoms with Crippen molar-refractivity contribution in [2.24, 2.45) is 17.8 Å². The number of halogens is 1. The number of hydrogen-bond donors (Lipinski definition) is 1. The molecule has 0 aliphatic heterocycles. The maximum atomic E-state index is 14.3. The molecule has 7 rings (SSSR count). The lowest BCUT2D eigenvalue weighted by atomic mass is 9.61. The second-order valence-electron chi connectivity index (χ2n) is 10.2. The van der Waals surface area contributed by atoms with Crippen molar-refractivity contribution in [1.29, 1.82) is 0 Å². The number of carbonyl (C=O) groups excluding carboxylic acids is 1. The number of ether oxygens (including phenoxy) is 1. The van der Waals surface area contributed by atoms with E-state index in [-0.39, 0.29) is 57.1 Å². The van der Waals surface area contributed by atoms with Gasteiger partial charge in [0.15, 0.2) is 11.5 Å². The first kappa shape index (κ1) is 25.4. The van der Waals surface area contributed by atoms with Gasteiger partial charge in [-0.2, -0.15) is 5.10 Å². The Morgan fingerprint density at radius 2 is 1.82 bits per heavy atom. The molecule has 2 atom stereocenters. The third kappa shape index (κ3) is 4.42. The maximum absolute atomic E-state index is 14.3. The number of esters is 1. The van der Waals surface area contributed by atoms with Crippen LogP contribution in [-0.4, -0.2) is 51.7 Å². The van der Waals surface area contributed by atoms with E-state index in [1.54, 1.807) is 12.1 Å². The molecule has 3 aliphatic carbocycles. The van der Waals surface area contributed by atoms with Crippen LogP contribution in [0.15, 0.2) is 53.8 Å². The number of pyridine rings is 1. The predicted molar refractivity (Wildman–Crippen MR) is 141 cm³/mol. The molecule has 0 radical (unpaired) electrons. The Morgan fingerprint density at radius 1 is 1.10 bits per heavy atom. The van der Waals surface area contributed by atoms with E-state index in [4.69, 9.17) is 4.74 Å². The summed E-state index contributed by atoms with van der Waals surface area (Å²) in [6.07, 6.45) is 7.77. The fraction of sp³-hybridized carbons (Fsp3) is 0.370. The van der Waals surface area contributed by atoms with Crippen LogP contribution in [0.1, 0.15) is 31.2 Å². The SMILES string of the molecule is COC(=O)C1C2CCC(CC2)C1Nc1cnnc(-c2cn(S(=O)(=O)c3ccc(C)cc3)c3ncc(F)cc23)n1. The van der Waals surface area contributed by atoms with Crippen molar-refractivity contribution < 1.29 is 22.3 Å². The van der Waals surface area contributed by atoms with E-state index in [0.717, 1.165) is 41.4 Å². The molecule has 3 saturated carbocycles. The van der Waals surface area contributed by atoms with Crippen LogP contribution in [0.25, 0.3) is 22.4 Å². The Hall–Kier alpha value is -3.93. The zero-order valence-corrected chi connectivity index (χ0v) is 22.2. The van der Waals surface area contributed by atoms with E-state index in [1.807, 2.05) is 6.92 Å². The zero-order valence-electron chi connectivity index (χ0n) is 21.4. The number of anilines is 1. The quantitative estimate of drug-likeness (QED) is 0.355. The number of aromatic nitrogens is 5. The molecule has 2 bridgehead atoms. The zero-order chi connectivity index (χ0) is 27.3. The molecular weight excluding hydrogens is 523 g/mol. The molecule has 3 aromatic heterocycles. The van der Waals surface area contributed by atoms with E-state index in [0.29, 0.717) is 5.82 Å². The summed E-state index contributed by atoms with van der Waals surface area (Å²) in [6.45, 7) is 1.86. The van der Waals surface area contributed by atoms with Crippen molar-refractivity contribution >= 4 is 32.8 Å². The first-order valence-electron chi connectivity index (χ1n) is 12.8. The third-order valence-electron chi connectivity index (χ3n) is 7.96. The summed E-state index contributed by atoms with van der Waals surface area (Å²) >= 11 is 0. The lowest BCUT2D eigenvalue weighted by Gasteiger charge is -2.47. The van der Waals surface area contributed by atoms with Crippen LogP contribution < -0.4 is 5.32 Å². The highest BCUT2D eigenvalue weighted by Gasteiger charge is 2.48. The van der Waals surface area contributed by atoms with Gasteiger partial charge in [0, 0.05) is 23.2 Å². The van der Waals surface area contributed by atoms with Gasteiger partial charge in [-0.1, -0.05) is 17.7 Å². The van der Waals surface area contributed by atoms with Crippen molar-refractivity contribution in [3.05, 3.63) is 60.3 Å². The summed E-state index contributed by atoms with van der Waals surface area (Å²) < 4.78 is 47.5. The third-order valence-corrected chi connectivity index (χ3v) is 9.63. The molecule has 202 valence electrons. The number of hydrogen-bond acceptors (Lipinski definition) is 9. The molecule has 3 fully saturated rings. The van der Waals surface area contributed by atoms with Gasteiger partial charge in [0.05, 0.1) is 30.3 Å². The fourth-order valence-corrected chi connectivity index (χ4v) is 7.35. The van der Waals surface area contributed by atoms with Crippen molar-refractivity contribution in [3.63, 3.8) is 0 Å². The molecule has 1 aromatic carbocycles. The standard InChI is InChI=1S/C27H27FN6O4S/c1-15-3-9-19(10-4-15)39(36,37)34-14-21(20-11-18(28)12-29-26(20)34)25-32-22(13-30-33-25)31-24-17-7-5-16(6-8-17)23(24)27(35)38-2/h3-4,9-14,16-17,23-24H,5-8H2,1-2H3,(H,31,32,33). The number of fused-ring (bicyclic) bond motifs is 4. The lowest BCUT2D eigenvalue weighted by Crippen LogP contribution is -2.51. The van der Waals surface area contributed by atoms with Gasteiger partial charge < -0.3 is 10.1 Å². The number of carbonyl (C=O) groups is 1. The topological polar surface area (TPSA) is 129 Å². The summed E-state index contributed by atoms with van der Waals surface area (Å²) in [7, 11) is -2.65. The fourth-order valence-electron chi connectivity index (χ4n) is 6.03. The van der Waals surface area contributed by atoms with Crippen molar-refractivity contribution in [2.75, 3.05) is 12.4 Å². The van der Waals surface area contributed by atoms with Crippen LogP contribution in [-0.2, 0) is 19.6 Å². The highest BCUT2D eigenvalue weighted by atomic mass is 32.2. The second kappa shape index (κ2) is 9.67. The molecule has 39 heavy (non-hydrogen) atoms. The van der Waals surface area contributed by atoms with Crippen LogP contribution in [0.3, 0.4) is 0 Å². The van der Waals surface area contributed by atoms with Gasteiger partial charge in [0.2, 0.25) is 0 Å². The second-order valence-corrected chi connectivity index (χ2v) is 12.1. The molecular formula is C27H27FN6O4S. The Balaban J connectivity index is 1.41. The summed E-state index contributed by atoms with van der Waals surface area (Å²) in [4.78, 5) is 21.4. The first-order valence-corrected chi connectivity index (χ1v) is 14.2. The summed E-state index contributed by atoms with van der Waals surface area (Å²) in [5, 5.41) is 11.8. The average molecular weight is 551 g/mol. The normalized spacial score (nSPS) is 22.6. The average Bonchev–Trinajstić information content (AvgIpc) is 3.33. The number of nitrogens with one attached hydrogen (secondary N) is 1. The highest BCUT2D eigenvalue weighted by molar-refractivity contribution is 7.90. The summed E-state index contributed by atoms with van der Waals surface area (Å²) in [5.41, 5.74) is 1.22. The first-order chi connectivity index (χ1) is 18.8. The molecule has 12 heteroatoms. The number of rotatable bonds is 6. The maximum Gasteiger partial charge on any atom is 0.311 e. The summed E-state index contributed by atoms with van der Waals surface area (Å²) in [6, 6.07) is 7.46. The molecule has 0 saturated heterocycles. The largest absolute Gasteiger partial charge is 0.469 e. The molecule has 10 nitrogen and oxygen atoms in total.